The molecule has 2 aromatic rings. The first-order valence-electron chi connectivity index (χ1n) is 13.7. The van der Waals surface area contributed by atoms with Gasteiger partial charge in [0.2, 0.25) is 0 Å². The first-order valence-corrected chi connectivity index (χ1v) is 13.7. The van der Waals surface area contributed by atoms with E-state index in [9.17, 15) is 23.6 Å². The number of nitrogens with one attached hydrogen (secondary N) is 1. The van der Waals surface area contributed by atoms with Crippen molar-refractivity contribution in [2.45, 2.75) is 50.1 Å². The van der Waals surface area contributed by atoms with E-state index in [0.717, 1.165) is 56.3 Å². The number of likely N-dealkylation sites (tertiary alicyclic amines) is 1. The summed E-state index contributed by atoms with van der Waals surface area (Å²) in [6.07, 6.45) is 3.58. The van der Waals surface area contributed by atoms with Crippen LogP contribution in [0.25, 0.3) is 11.0 Å². The first-order chi connectivity index (χ1) is 19.7. The first kappa shape index (κ1) is 28.3. The number of benzene rings is 1. The number of halogens is 1. The molecule has 13 nitrogen and oxygen atoms in total. The highest BCUT2D eigenvalue weighted by Crippen LogP contribution is 2.47. The molecule has 2 bridgehead atoms. The molecule has 3 aliphatic rings. The molecule has 14 heteroatoms. The van der Waals surface area contributed by atoms with Crippen LogP contribution in [0.1, 0.15) is 43.7 Å². The number of hydrogen-bond acceptors (Lipinski definition) is 9. The minimum absolute atomic E-state index is 0.0656. The van der Waals surface area contributed by atoms with Crippen molar-refractivity contribution < 1.29 is 37.6 Å². The van der Waals surface area contributed by atoms with E-state index in [-0.39, 0.29) is 30.1 Å². The van der Waals surface area contributed by atoms with E-state index in [4.69, 9.17) is 20.7 Å². The molecule has 41 heavy (non-hydrogen) atoms. The van der Waals surface area contributed by atoms with Crippen LogP contribution in [0.3, 0.4) is 0 Å². The summed E-state index contributed by atoms with van der Waals surface area (Å²) in [5.74, 6) is -0.0122. The van der Waals surface area contributed by atoms with Crippen LogP contribution < -0.4 is 16.8 Å². The largest absolute Gasteiger partial charge is 0.419 e. The predicted molar refractivity (Wildman–Crippen MR) is 142 cm³/mol. The van der Waals surface area contributed by atoms with Crippen LogP contribution in [0.5, 0.6) is 0 Å². The molecule has 2 heterocycles. The van der Waals surface area contributed by atoms with Crippen molar-refractivity contribution in [1.29, 1.82) is 0 Å². The zero-order chi connectivity index (χ0) is 29.1. The van der Waals surface area contributed by atoms with Gasteiger partial charge >= 0.3 is 24.4 Å². The van der Waals surface area contributed by atoms with Gasteiger partial charge in [-0.05, 0) is 69.2 Å². The summed E-state index contributed by atoms with van der Waals surface area (Å²) in [7, 11) is 0. The van der Waals surface area contributed by atoms with Crippen LogP contribution in [0.15, 0.2) is 34.9 Å². The van der Waals surface area contributed by atoms with Crippen LogP contribution in [0.2, 0.25) is 0 Å². The second-order valence-electron chi connectivity index (χ2n) is 10.8. The van der Waals surface area contributed by atoms with Crippen LogP contribution in [0.4, 0.5) is 23.6 Å². The highest BCUT2D eigenvalue weighted by molar-refractivity contribution is 5.84. The molecule has 1 aromatic carbocycles. The van der Waals surface area contributed by atoms with Gasteiger partial charge in [-0.2, -0.15) is 0 Å². The number of primary amides is 2. The highest BCUT2D eigenvalue weighted by Gasteiger charge is 2.52. The van der Waals surface area contributed by atoms with Crippen LogP contribution in [0, 0.1) is 17.7 Å². The van der Waals surface area contributed by atoms with Gasteiger partial charge in [-0.25, -0.2) is 23.6 Å². The summed E-state index contributed by atoms with van der Waals surface area (Å²) in [6.45, 7) is 2.40. The van der Waals surface area contributed by atoms with Gasteiger partial charge in [-0.1, -0.05) is 17.3 Å². The second kappa shape index (κ2) is 12.1. The maximum absolute atomic E-state index is 13.5. The fourth-order valence-corrected chi connectivity index (χ4v) is 6.66. The van der Waals surface area contributed by atoms with Crippen molar-refractivity contribution in [2.24, 2.45) is 23.3 Å². The molecule has 1 aromatic heterocycles. The Kier molecular flexibility index (Phi) is 8.38. The summed E-state index contributed by atoms with van der Waals surface area (Å²) in [5, 5.41) is 7.69. The number of piperidine rings is 1. The molecule has 4 unspecified atom stereocenters. The van der Waals surface area contributed by atoms with Gasteiger partial charge in [-0.15, -0.1) is 0 Å². The van der Waals surface area contributed by atoms with E-state index in [1.54, 1.807) is 6.07 Å². The average molecular weight is 573 g/mol. The van der Waals surface area contributed by atoms with E-state index in [1.807, 2.05) is 12.2 Å². The van der Waals surface area contributed by atoms with E-state index in [2.05, 4.69) is 20.1 Å². The number of nitrogens with zero attached hydrogens (tertiary/aromatic N) is 3. The Bertz CT molecular complexity index is 1340. The molecule has 3 fully saturated rings. The quantitative estimate of drug-likeness (QED) is 0.331. The lowest BCUT2D eigenvalue weighted by Crippen LogP contribution is -2.57. The number of nitrogens with two attached hydrogens (primary N) is 2. The molecule has 2 aliphatic carbocycles. The van der Waals surface area contributed by atoms with Crippen molar-refractivity contribution in [3.8, 4) is 0 Å². The van der Waals surface area contributed by atoms with E-state index >= 15 is 0 Å². The summed E-state index contributed by atoms with van der Waals surface area (Å²) >= 11 is 0. The molecule has 220 valence electrons. The standard InChI is InChI=1S/C27H33FN6O7/c28-18-5-6-19-20(14-18)41-32-21(19)15-7-11-33(12-8-15)9-1-2-10-34(27(38)40-25(30)36)23-17-4-3-16(13-17)22(23)31-26(37)39-24(29)35/h1-2,5-6,14-17,22-23H,3-4,7-13H2,(H2,29,35)(H2,30,36)(H,31,37)/b2-1+. The number of aromatic nitrogens is 1. The molecule has 4 atom stereocenters. The van der Waals surface area contributed by atoms with Crippen molar-refractivity contribution in [2.75, 3.05) is 26.2 Å². The van der Waals surface area contributed by atoms with Gasteiger partial charge < -0.3 is 30.8 Å². The molecule has 1 saturated heterocycles. The lowest BCUT2D eigenvalue weighted by Gasteiger charge is -2.38. The minimum atomic E-state index is -1.23. The van der Waals surface area contributed by atoms with E-state index < -0.39 is 36.5 Å². The van der Waals surface area contributed by atoms with Crippen molar-refractivity contribution in [3.63, 3.8) is 0 Å². The fraction of sp³-hybridized carbons (Fsp3) is 0.519. The highest BCUT2D eigenvalue weighted by atomic mass is 19.1. The lowest BCUT2D eigenvalue weighted by molar-refractivity contribution is 0.0834. The molecule has 0 spiro atoms. The zero-order valence-electron chi connectivity index (χ0n) is 22.4. The zero-order valence-corrected chi connectivity index (χ0v) is 22.4. The summed E-state index contributed by atoms with van der Waals surface area (Å²) in [4.78, 5) is 51.0. The number of ether oxygens (including phenoxy) is 2. The third-order valence-corrected chi connectivity index (χ3v) is 8.40. The molecule has 0 radical (unpaired) electrons. The van der Waals surface area contributed by atoms with E-state index in [1.165, 1.54) is 17.0 Å². The van der Waals surface area contributed by atoms with Crippen LogP contribution >= 0.6 is 0 Å². The smallest absolute Gasteiger partial charge is 0.360 e. The topological polar surface area (TPSA) is 183 Å². The van der Waals surface area contributed by atoms with Crippen molar-refractivity contribution in [3.05, 3.63) is 41.9 Å². The van der Waals surface area contributed by atoms with Gasteiger partial charge in [0.25, 0.3) is 0 Å². The third kappa shape index (κ3) is 6.42. The summed E-state index contributed by atoms with van der Waals surface area (Å²) < 4.78 is 28.0. The Morgan fingerprint density at radius 3 is 2.54 bits per heavy atom. The Morgan fingerprint density at radius 2 is 1.80 bits per heavy atom. The number of rotatable bonds is 7. The molecular formula is C27H33FN6O7. The summed E-state index contributed by atoms with van der Waals surface area (Å²) in [6, 6.07) is 3.48. The number of carbonyl (C=O) groups is 4. The van der Waals surface area contributed by atoms with Gasteiger partial charge in [0, 0.05) is 30.5 Å². The van der Waals surface area contributed by atoms with Crippen LogP contribution in [-0.2, 0) is 9.47 Å². The van der Waals surface area contributed by atoms with Crippen LogP contribution in [-0.4, -0.2) is 77.6 Å². The van der Waals surface area contributed by atoms with Crippen molar-refractivity contribution >= 4 is 35.3 Å². The second-order valence-corrected chi connectivity index (χ2v) is 10.8. The fourth-order valence-electron chi connectivity index (χ4n) is 6.66. The van der Waals surface area contributed by atoms with E-state index in [0.29, 0.717) is 12.1 Å². The Balaban J connectivity index is 1.19. The predicted octanol–water partition coefficient (Wildman–Crippen LogP) is 3.19. The number of carbonyl (C=O) groups excluding carboxylic acids is 4. The lowest BCUT2D eigenvalue weighted by atomic mass is 9.89. The molecular weight excluding hydrogens is 539 g/mol. The Labute approximate surface area is 234 Å². The Hall–Kier alpha value is -4.20. The van der Waals surface area contributed by atoms with Gasteiger partial charge in [0.05, 0.1) is 17.8 Å². The SMILES string of the molecule is NC(=O)OC(=O)NC1C2CCC(C2)C1N(C/C=C/CN1CCC(c2noc3cc(F)ccc23)CC1)C(=O)OC(N)=O. The maximum Gasteiger partial charge on any atom is 0.419 e. The maximum atomic E-state index is 13.5. The van der Waals surface area contributed by atoms with Gasteiger partial charge in [0.1, 0.15) is 5.82 Å². The average Bonchev–Trinajstić information content (AvgIpc) is 3.63. The number of hydrogen-bond donors (Lipinski definition) is 3. The van der Waals surface area contributed by atoms with Gasteiger partial charge in [0.15, 0.2) is 5.58 Å². The molecule has 4 amide bonds. The normalized spacial score (nSPS) is 24.5. The molecule has 1 aliphatic heterocycles. The molecule has 2 saturated carbocycles. The van der Waals surface area contributed by atoms with Crippen molar-refractivity contribution in [1.82, 2.24) is 20.3 Å². The van der Waals surface area contributed by atoms with Gasteiger partial charge in [-0.3, -0.25) is 9.80 Å². The Morgan fingerprint density at radius 1 is 1.07 bits per heavy atom. The number of alkyl carbamates (subject to hydrolysis) is 1. The monoisotopic (exact) mass is 572 g/mol. The number of amides is 4. The third-order valence-electron chi connectivity index (χ3n) is 8.40. The molecule has 5 N–H and O–H groups in total. The molecule has 5 rings (SSSR count). The summed E-state index contributed by atoms with van der Waals surface area (Å²) in [5.41, 5.74) is 11.4. The minimum Gasteiger partial charge on any atom is -0.360 e. The number of fused-ring (bicyclic) bond motifs is 3.